The number of halogens is 1. The molecule has 1 aliphatic rings. The number of aromatic amines is 1. The van der Waals surface area contributed by atoms with Gasteiger partial charge in [-0.3, -0.25) is 0 Å². The zero-order valence-electron chi connectivity index (χ0n) is 15.4. The van der Waals surface area contributed by atoms with Gasteiger partial charge in [-0.15, -0.1) is 0 Å². The second-order valence-electron chi connectivity index (χ2n) is 6.61. The number of aromatic nitrogens is 2. The summed E-state index contributed by atoms with van der Waals surface area (Å²) in [6.07, 6.45) is 0.628. The highest BCUT2D eigenvalue weighted by molar-refractivity contribution is 6.32. The summed E-state index contributed by atoms with van der Waals surface area (Å²) in [4.78, 5) is 19.9. The number of hydrogen-bond donors (Lipinski definition) is 3. The van der Waals surface area contributed by atoms with Crippen molar-refractivity contribution in [2.24, 2.45) is 0 Å². The number of para-hydroxylation sites is 2. The molecule has 2 amide bonds. The number of imidazole rings is 1. The van der Waals surface area contributed by atoms with Gasteiger partial charge in [-0.25, -0.2) is 9.78 Å². The molecule has 0 bridgehead atoms. The van der Waals surface area contributed by atoms with Gasteiger partial charge in [0.15, 0.2) is 11.5 Å². The highest BCUT2D eigenvalue weighted by atomic mass is 35.5. The van der Waals surface area contributed by atoms with Gasteiger partial charge in [-0.2, -0.15) is 0 Å². The molecule has 1 aromatic heterocycles. The van der Waals surface area contributed by atoms with Crippen molar-refractivity contribution in [3.8, 4) is 11.5 Å². The third-order valence-electron chi connectivity index (χ3n) is 4.52. The first kappa shape index (κ1) is 18.4. The summed E-state index contributed by atoms with van der Waals surface area (Å²) >= 11 is 6.24. The Balaban J connectivity index is 1.30. The monoisotopic (exact) mass is 400 g/mol. The molecule has 7 nitrogen and oxygen atoms in total. The van der Waals surface area contributed by atoms with Crippen LogP contribution < -0.4 is 20.1 Å². The SMILES string of the molecule is CC(NC(=O)NCCc1cc(Cl)c2c(c1)OCCO2)c1nc2ccccc2[nH]1. The predicted molar refractivity (Wildman–Crippen MR) is 107 cm³/mol. The summed E-state index contributed by atoms with van der Waals surface area (Å²) in [6, 6.07) is 11.0. The van der Waals surface area contributed by atoms with Crippen LogP contribution in [0.25, 0.3) is 11.0 Å². The number of ether oxygens (including phenoxy) is 2. The Bertz CT molecular complexity index is 971. The molecule has 8 heteroatoms. The zero-order chi connectivity index (χ0) is 19.5. The van der Waals surface area contributed by atoms with Crippen molar-refractivity contribution in [1.29, 1.82) is 0 Å². The molecule has 0 saturated heterocycles. The number of amides is 2. The molecule has 0 spiro atoms. The number of nitrogens with one attached hydrogen (secondary N) is 3. The number of H-pyrrole nitrogens is 1. The Morgan fingerprint density at radius 1 is 1.29 bits per heavy atom. The molecule has 4 rings (SSSR count). The van der Waals surface area contributed by atoms with Gasteiger partial charge < -0.3 is 25.1 Å². The summed E-state index contributed by atoms with van der Waals surface area (Å²) in [5, 5.41) is 6.27. The molecule has 1 aliphatic heterocycles. The third kappa shape index (κ3) is 3.99. The standard InChI is InChI=1S/C20H21ClN4O3/c1-12(19-24-15-4-2-3-5-16(15)25-19)23-20(26)22-7-6-13-10-14(21)18-17(11-13)27-8-9-28-18/h2-5,10-12H,6-9H2,1H3,(H,24,25)(H2,22,23,26). The maximum absolute atomic E-state index is 12.2. The molecule has 1 atom stereocenters. The first-order chi connectivity index (χ1) is 13.6. The Labute approximate surface area is 167 Å². The quantitative estimate of drug-likeness (QED) is 0.610. The van der Waals surface area contributed by atoms with Gasteiger partial charge >= 0.3 is 6.03 Å². The van der Waals surface area contributed by atoms with Crippen molar-refractivity contribution in [2.45, 2.75) is 19.4 Å². The van der Waals surface area contributed by atoms with Crippen molar-refractivity contribution in [1.82, 2.24) is 20.6 Å². The van der Waals surface area contributed by atoms with Crippen molar-refractivity contribution in [3.05, 3.63) is 52.8 Å². The Kier molecular flexibility index (Phi) is 5.25. The van der Waals surface area contributed by atoms with Crippen LogP contribution in [0.3, 0.4) is 0 Å². The van der Waals surface area contributed by atoms with E-state index >= 15 is 0 Å². The van der Waals surface area contributed by atoms with Gasteiger partial charge in [-0.1, -0.05) is 23.7 Å². The summed E-state index contributed by atoms with van der Waals surface area (Å²) in [7, 11) is 0. The molecule has 0 fully saturated rings. The molecule has 2 aromatic carbocycles. The van der Waals surface area contributed by atoms with E-state index in [4.69, 9.17) is 21.1 Å². The molecule has 0 aliphatic carbocycles. The number of fused-ring (bicyclic) bond motifs is 2. The van der Waals surface area contributed by atoms with Crippen LogP contribution in [0.5, 0.6) is 11.5 Å². The normalized spacial score (nSPS) is 13.9. The van der Waals surface area contributed by atoms with E-state index in [9.17, 15) is 4.79 Å². The molecule has 3 N–H and O–H groups in total. The summed E-state index contributed by atoms with van der Waals surface area (Å²) in [5.41, 5.74) is 2.80. The number of rotatable bonds is 5. The minimum absolute atomic E-state index is 0.240. The van der Waals surface area contributed by atoms with Gasteiger partial charge in [0.05, 0.1) is 22.1 Å². The van der Waals surface area contributed by atoms with Gasteiger partial charge in [0.25, 0.3) is 0 Å². The second-order valence-corrected chi connectivity index (χ2v) is 7.02. The van der Waals surface area contributed by atoms with Crippen molar-refractivity contribution in [2.75, 3.05) is 19.8 Å². The first-order valence-electron chi connectivity index (χ1n) is 9.17. The maximum atomic E-state index is 12.2. The number of benzene rings is 2. The van der Waals surface area contributed by atoms with Crippen LogP contribution in [0.2, 0.25) is 5.02 Å². The number of carbonyl (C=O) groups excluding carboxylic acids is 1. The minimum atomic E-state index is -0.253. The maximum Gasteiger partial charge on any atom is 0.315 e. The third-order valence-corrected chi connectivity index (χ3v) is 4.80. The molecule has 28 heavy (non-hydrogen) atoms. The van der Waals surface area contributed by atoms with Gasteiger partial charge in [0.1, 0.15) is 19.0 Å². The van der Waals surface area contributed by atoms with Crippen LogP contribution >= 0.6 is 11.6 Å². The lowest BCUT2D eigenvalue weighted by Crippen LogP contribution is -2.38. The molecular weight excluding hydrogens is 380 g/mol. The fraction of sp³-hybridized carbons (Fsp3) is 0.300. The van der Waals surface area contributed by atoms with Gasteiger partial charge in [0.2, 0.25) is 0 Å². The van der Waals surface area contributed by atoms with Crippen molar-refractivity contribution in [3.63, 3.8) is 0 Å². The Morgan fingerprint density at radius 2 is 2.11 bits per heavy atom. The number of hydrogen-bond acceptors (Lipinski definition) is 4. The lowest BCUT2D eigenvalue weighted by atomic mass is 10.1. The highest BCUT2D eigenvalue weighted by Gasteiger charge is 2.17. The average molecular weight is 401 g/mol. The molecule has 146 valence electrons. The van der Waals surface area contributed by atoms with Crippen LogP contribution in [0.4, 0.5) is 4.79 Å². The topological polar surface area (TPSA) is 88.3 Å². The molecule has 2 heterocycles. The molecule has 0 saturated carbocycles. The highest BCUT2D eigenvalue weighted by Crippen LogP contribution is 2.38. The lowest BCUT2D eigenvalue weighted by Gasteiger charge is -2.20. The van der Waals surface area contributed by atoms with Crippen LogP contribution in [0.15, 0.2) is 36.4 Å². The Hall–Kier alpha value is -2.93. The van der Waals surface area contributed by atoms with Crippen molar-refractivity contribution >= 4 is 28.7 Å². The fourth-order valence-electron chi connectivity index (χ4n) is 3.12. The van der Waals surface area contributed by atoms with Crippen LogP contribution in [-0.4, -0.2) is 35.8 Å². The second kappa shape index (κ2) is 7.98. The minimum Gasteiger partial charge on any atom is -0.486 e. The van der Waals surface area contributed by atoms with E-state index in [0.29, 0.717) is 42.7 Å². The van der Waals surface area contributed by atoms with E-state index in [1.54, 1.807) is 0 Å². The van der Waals surface area contributed by atoms with Gasteiger partial charge in [0, 0.05) is 6.54 Å². The zero-order valence-corrected chi connectivity index (χ0v) is 16.2. The summed E-state index contributed by atoms with van der Waals surface area (Å²) in [6.45, 7) is 3.36. The number of carbonyl (C=O) groups is 1. The number of nitrogens with zero attached hydrogens (tertiary/aromatic N) is 1. The van der Waals surface area contributed by atoms with Crippen molar-refractivity contribution < 1.29 is 14.3 Å². The molecule has 0 radical (unpaired) electrons. The van der Waals surface area contributed by atoms with E-state index in [1.807, 2.05) is 43.3 Å². The predicted octanol–water partition coefficient (Wildman–Crippen LogP) is 3.59. The van der Waals surface area contributed by atoms with E-state index in [1.165, 1.54) is 0 Å². The largest absolute Gasteiger partial charge is 0.486 e. The van der Waals surface area contributed by atoms with Crippen LogP contribution in [0.1, 0.15) is 24.4 Å². The average Bonchev–Trinajstić information content (AvgIpc) is 3.12. The van der Waals surface area contributed by atoms with E-state index in [2.05, 4.69) is 20.6 Å². The summed E-state index contributed by atoms with van der Waals surface area (Å²) < 4.78 is 11.1. The Morgan fingerprint density at radius 3 is 2.96 bits per heavy atom. The fourth-order valence-corrected chi connectivity index (χ4v) is 3.41. The smallest absolute Gasteiger partial charge is 0.315 e. The molecule has 3 aromatic rings. The van der Waals surface area contributed by atoms with Gasteiger partial charge in [-0.05, 0) is 43.2 Å². The number of urea groups is 1. The van der Waals surface area contributed by atoms with E-state index in [0.717, 1.165) is 22.4 Å². The van der Waals surface area contributed by atoms with Crippen LogP contribution in [-0.2, 0) is 6.42 Å². The molecular formula is C20H21ClN4O3. The first-order valence-corrected chi connectivity index (χ1v) is 9.55. The lowest BCUT2D eigenvalue weighted by molar-refractivity contribution is 0.171. The molecule has 1 unspecified atom stereocenters. The van der Waals surface area contributed by atoms with E-state index in [-0.39, 0.29) is 12.1 Å². The van der Waals surface area contributed by atoms with E-state index < -0.39 is 0 Å². The summed E-state index contributed by atoms with van der Waals surface area (Å²) in [5.74, 6) is 1.95. The van der Waals surface area contributed by atoms with Crippen LogP contribution in [0, 0.1) is 0 Å².